The monoisotopic (exact) mass is 305 g/mol. The van der Waals surface area contributed by atoms with Gasteiger partial charge in [0.05, 0.1) is 0 Å². The maximum Gasteiger partial charge on any atom is 0.265 e. The van der Waals surface area contributed by atoms with Crippen molar-refractivity contribution >= 4 is 22.4 Å². The van der Waals surface area contributed by atoms with Gasteiger partial charge in [-0.3, -0.25) is 4.79 Å². The second kappa shape index (κ2) is 6.53. The number of carbonyl (C=O) groups excluding carboxylic acids is 1. The van der Waals surface area contributed by atoms with E-state index in [9.17, 15) is 4.79 Å². The van der Waals surface area contributed by atoms with Gasteiger partial charge in [0.1, 0.15) is 5.75 Å². The SMILES string of the molecule is Cc1ccccc1NC(=O)C(C)Oc1cccc2ccccc12. The summed E-state index contributed by atoms with van der Waals surface area (Å²) in [6.45, 7) is 3.72. The Bertz CT molecular complexity index is 836. The average Bonchev–Trinajstić information content (AvgIpc) is 2.57. The summed E-state index contributed by atoms with van der Waals surface area (Å²) in [5.41, 5.74) is 1.84. The quantitative estimate of drug-likeness (QED) is 0.767. The van der Waals surface area contributed by atoms with Crippen molar-refractivity contribution in [2.45, 2.75) is 20.0 Å². The van der Waals surface area contributed by atoms with Crippen LogP contribution < -0.4 is 10.1 Å². The molecule has 0 spiro atoms. The average molecular weight is 305 g/mol. The van der Waals surface area contributed by atoms with Gasteiger partial charge in [0.25, 0.3) is 5.91 Å². The number of nitrogens with one attached hydrogen (secondary N) is 1. The summed E-state index contributed by atoms with van der Waals surface area (Å²) in [5, 5.41) is 5.01. The zero-order valence-electron chi connectivity index (χ0n) is 13.2. The van der Waals surface area contributed by atoms with Gasteiger partial charge in [-0.1, -0.05) is 54.6 Å². The first-order valence-corrected chi connectivity index (χ1v) is 7.66. The maximum absolute atomic E-state index is 12.4. The standard InChI is InChI=1S/C20H19NO2/c1-14-8-3-6-12-18(14)21-20(22)15(2)23-19-13-7-10-16-9-4-5-11-17(16)19/h3-13,15H,1-2H3,(H,21,22). The molecule has 0 aliphatic heterocycles. The minimum Gasteiger partial charge on any atom is -0.480 e. The molecule has 0 saturated heterocycles. The van der Waals surface area contributed by atoms with Crippen LogP contribution in [-0.2, 0) is 4.79 Å². The number of para-hydroxylation sites is 1. The molecule has 0 aliphatic rings. The van der Waals surface area contributed by atoms with Crippen molar-refractivity contribution in [1.82, 2.24) is 0 Å². The number of aryl methyl sites for hydroxylation is 1. The molecule has 0 aromatic heterocycles. The molecule has 1 amide bonds. The Morgan fingerprint density at radius 2 is 1.65 bits per heavy atom. The van der Waals surface area contributed by atoms with Gasteiger partial charge in [0.15, 0.2) is 6.10 Å². The maximum atomic E-state index is 12.4. The molecule has 3 aromatic carbocycles. The molecule has 0 saturated carbocycles. The molecule has 116 valence electrons. The molecule has 1 N–H and O–H groups in total. The highest BCUT2D eigenvalue weighted by Crippen LogP contribution is 2.26. The summed E-state index contributed by atoms with van der Waals surface area (Å²) >= 11 is 0. The van der Waals surface area contributed by atoms with Crippen LogP contribution in [-0.4, -0.2) is 12.0 Å². The summed E-state index contributed by atoms with van der Waals surface area (Å²) in [4.78, 5) is 12.4. The van der Waals surface area contributed by atoms with Crippen LogP contribution in [0.15, 0.2) is 66.7 Å². The highest BCUT2D eigenvalue weighted by molar-refractivity contribution is 5.95. The third kappa shape index (κ3) is 3.34. The number of carbonyl (C=O) groups is 1. The molecule has 0 bridgehead atoms. The lowest BCUT2D eigenvalue weighted by Crippen LogP contribution is -2.30. The lowest BCUT2D eigenvalue weighted by molar-refractivity contribution is -0.122. The number of hydrogen-bond acceptors (Lipinski definition) is 2. The van der Waals surface area contributed by atoms with Crippen molar-refractivity contribution in [3.63, 3.8) is 0 Å². The first-order chi connectivity index (χ1) is 11.1. The van der Waals surface area contributed by atoms with E-state index in [2.05, 4.69) is 5.32 Å². The van der Waals surface area contributed by atoms with Crippen LogP contribution in [0.25, 0.3) is 10.8 Å². The lowest BCUT2D eigenvalue weighted by atomic mass is 10.1. The molecule has 0 fully saturated rings. The first kappa shape index (κ1) is 15.1. The third-order valence-corrected chi connectivity index (χ3v) is 3.83. The number of hydrogen-bond donors (Lipinski definition) is 1. The normalized spacial score (nSPS) is 11.9. The van der Waals surface area contributed by atoms with Crippen LogP contribution in [0, 0.1) is 6.92 Å². The third-order valence-electron chi connectivity index (χ3n) is 3.83. The molecule has 0 heterocycles. The number of anilines is 1. The van der Waals surface area contributed by atoms with E-state index in [-0.39, 0.29) is 5.91 Å². The van der Waals surface area contributed by atoms with Crippen molar-refractivity contribution < 1.29 is 9.53 Å². The van der Waals surface area contributed by atoms with E-state index in [4.69, 9.17) is 4.74 Å². The minimum absolute atomic E-state index is 0.160. The zero-order chi connectivity index (χ0) is 16.2. The molecule has 3 aromatic rings. The van der Waals surface area contributed by atoms with E-state index in [1.54, 1.807) is 6.92 Å². The van der Waals surface area contributed by atoms with Gasteiger partial charge in [0, 0.05) is 11.1 Å². The summed E-state index contributed by atoms with van der Waals surface area (Å²) in [6, 6.07) is 21.5. The molecule has 0 radical (unpaired) electrons. The Balaban J connectivity index is 1.77. The Labute approximate surface area is 135 Å². The molecular weight excluding hydrogens is 286 g/mol. The van der Waals surface area contributed by atoms with Crippen LogP contribution in [0.3, 0.4) is 0 Å². The molecule has 3 rings (SSSR count). The van der Waals surface area contributed by atoms with Crippen molar-refractivity contribution in [2.75, 3.05) is 5.32 Å². The second-order valence-electron chi connectivity index (χ2n) is 5.54. The first-order valence-electron chi connectivity index (χ1n) is 7.66. The van der Waals surface area contributed by atoms with Gasteiger partial charge in [0.2, 0.25) is 0 Å². The molecule has 1 unspecified atom stereocenters. The van der Waals surface area contributed by atoms with Gasteiger partial charge in [-0.25, -0.2) is 0 Å². The number of rotatable bonds is 4. The summed E-state index contributed by atoms with van der Waals surface area (Å²) in [7, 11) is 0. The van der Waals surface area contributed by atoms with Gasteiger partial charge >= 0.3 is 0 Å². The Hall–Kier alpha value is -2.81. The van der Waals surface area contributed by atoms with Gasteiger partial charge in [-0.15, -0.1) is 0 Å². The minimum atomic E-state index is -0.583. The number of amides is 1. The van der Waals surface area contributed by atoms with Crippen LogP contribution in [0.4, 0.5) is 5.69 Å². The van der Waals surface area contributed by atoms with Crippen molar-refractivity contribution in [3.8, 4) is 5.75 Å². The van der Waals surface area contributed by atoms with Crippen LogP contribution >= 0.6 is 0 Å². The van der Waals surface area contributed by atoms with Crippen molar-refractivity contribution in [1.29, 1.82) is 0 Å². The Morgan fingerprint density at radius 3 is 2.48 bits per heavy atom. The number of benzene rings is 3. The van der Waals surface area contributed by atoms with Crippen LogP contribution in [0.2, 0.25) is 0 Å². The summed E-state index contributed by atoms with van der Waals surface area (Å²) in [6.07, 6.45) is -0.583. The van der Waals surface area contributed by atoms with Gasteiger partial charge < -0.3 is 10.1 Å². The molecule has 23 heavy (non-hydrogen) atoms. The van der Waals surface area contributed by atoms with E-state index >= 15 is 0 Å². The lowest BCUT2D eigenvalue weighted by Gasteiger charge is -2.17. The predicted molar refractivity (Wildman–Crippen MR) is 93.8 cm³/mol. The van der Waals surface area contributed by atoms with Crippen LogP contribution in [0.5, 0.6) is 5.75 Å². The van der Waals surface area contributed by atoms with Gasteiger partial charge in [-0.05, 0) is 36.9 Å². The fourth-order valence-electron chi connectivity index (χ4n) is 2.49. The largest absolute Gasteiger partial charge is 0.480 e. The highest BCUT2D eigenvalue weighted by Gasteiger charge is 2.16. The van der Waals surface area contributed by atoms with Crippen molar-refractivity contribution in [3.05, 3.63) is 72.3 Å². The summed E-state index contributed by atoms with van der Waals surface area (Å²) in [5.74, 6) is 0.558. The molecule has 3 nitrogen and oxygen atoms in total. The van der Waals surface area contributed by atoms with E-state index in [0.29, 0.717) is 0 Å². The Kier molecular flexibility index (Phi) is 4.29. The van der Waals surface area contributed by atoms with Crippen LogP contribution in [0.1, 0.15) is 12.5 Å². The number of ether oxygens (including phenoxy) is 1. The molecule has 1 atom stereocenters. The van der Waals surface area contributed by atoms with E-state index < -0.39 is 6.10 Å². The van der Waals surface area contributed by atoms with Crippen molar-refractivity contribution in [2.24, 2.45) is 0 Å². The molecular formula is C20H19NO2. The topological polar surface area (TPSA) is 38.3 Å². The summed E-state index contributed by atoms with van der Waals surface area (Å²) < 4.78 is 5.89. The second-order valence-corrected chi connectivity index (χ2v) is 5.54. The fourth-order valence-corrected chi connectivity index (χ4v) is 2.49. The van der Waals surface area contributed by atoms with E-state index in [0.717, 1.165) is 27.8 Å². The van der Waals surface area contributed by atoms with E-state index in [1.807, 2.05) is 73.7 Å². The fraction of sp³-hybridized carbons (Fsp3) is 0.150. The Morgan fingerprint density at radius 1 is 0.957 bits per heavy atom. The molecule has 0 aliphatic carbocycles. The number of fused-ring (bicyclic) bond motifs is 1. The van der Waals surface area contributed by atoms with E-state index in [1.165, 1.54) is 0 Å². The zero-order valence-corrected chi connectivity index (χ0v) is 13.2. The van der Waals surface area contributed by atoms with Gasteiger partial charge in [-0.2, -0.15) is 0 Å². The molecule has 3 heteroatoms. The smallest absolute Gasteiger partial charge is 0.265 e. The predicted octanol–water partition coefficient (Wildman–Crippen LogP) is 4.55. The highest BCUT2D eigenvalue weighted by atomic mass is 16.5.